The lowest BCUT2D eigenvalue weighted by Gasteiger charge is -2.53. The SMILES string of the molecule is CN(C)[C@@H]1c2onc(OCc3ccccc3)c2C(=O)[C@@]2(O)C(O)=C3C(=O)c4c(c(F)c5c(c4OCc4ccccc4)CN(C(C)(C)C)C5)C[C@@]3(C)C[C@@H]12. The second kappa shape index (κ2) is 12.4. The Morgan fingerprint density at radius 3 is 2.15 bits per heavy atom. The zero-order valence-corrected chi connectivity index (χ0v) is 30.8. The van der Waals surface area contributed by atoms with Crippen molar-refractivity contribution in [2.24, 2.45) is 11.3 Å². The van der Waals surface area contributed by atoms with Crippen molar-refractivity contribution in [2.75, 3.05) is 14.1 Å². The van der Waals surface area contributed by atoms with E-state index in [-0.39, 0.29) is 71.2 Å². The number of benzene rings is 3. The molecule has 2 heterocycles. The van der Waals surface area contributed by atoms with Crippen LogP contribution in [0.4, 0.5) is 4.39 Å². The molecule has 1 aromatic heterocycles. The van der Waals surface area contributed by atoms with Crippen LogP contribution in [-0.4, -0.2) is 62.0 Å². The fourth-order valence-corrected chi connectivity index (χ4v) is 8.94. The Hall–Kier alpha value is -4.84. The summed E-state index contributed by atoms with van der Waals surface area (Å²) in [5, 5.41) is 29.0. The van der Waals surface area contributed by atoms with Crippen molar-refractivity contribution in [3.05, 3.63) is 123 Å². The zero-order chi connectivity index (χ0) is 37.6. The van der Waals surface area contributed by atoms with Crippen LogP contribution < -0.4 is 9.47 Å². The number of rotatable bonds is 7. The van der Waals surface area contributed by atoms with Gasteiger partial charge < -0.3 is 24.2 Å². The molecule has 0 saturated heterocycles. The van der Waals surface area contributed by atoms with E-state index in [0.29, 0.717) is 24.2 Å². The number of nitrogens with zero attached hydrogens (tertiary/aromatic N) is 3. The Balaban J connectivity index is 1.27. The molecule has 4 aliphatic rings. The third-order valence-electron chi connectivity index (χ3n) is 11.7. The molecule has 53 heavy (non-hydrogen) atoms. The average Bonchev–Trinajstić information content (AvgIpc) is 3.76. The number of aromatic nitrogens is 1. The van der Waals surface area contributed by atoms with Crippen LogP contribution in [-0.2, 0) is 32.7 Å². The molecular weight excluding hydrogens is 677 g/mol. The molecule has 0 saturated carbocycles. The van der Waals surface area contributed by atoms with Crippen LogP contribution in [0.2, 0.25) is 0 Å². The van der Waals surface area contributed by atoms with Gasteiger partial charge in [-0.15, -0.1) is 0 Å². The largest absolute Gasteiger partial charge is 0.508 e. The molecule has 3 aromatic carbocycles. The Labute approximate surface area is 307 Å². The van der Waals surface area contributed by atoms with Crippen molar-refractivity contribution >= 4 is 11.6 Å². The van der Waals surface area contributed by atoms with E-state index >= 15 is 9.18 Å². The van der Waals surface area contributed by atoms with Gasteiger partial charge in [-0.05, 0) is 64.0 Å². The average molecular weight is 722 g/mol. The summed E-state index contributed by atoms with van der Waals surface area (Å²) in [5.74, 6) is -3.35. The number of hydrogen-bond donors (Lipinski definition) is 2. The molecule has 11 heteroatoms. The molecule has 3 aliphatic carbocycles. The van der Waals surface area contributed by atoms with E-state index in [0.717, 1.165) is 11.1 Å². The summed E-state index contributed by atoms with van der Waals surface area (Å²) < 4.78 is 35.2. The van der Waals surface area contributed by atoms with Crippen LogP contribution in [0.15, 0.2) is 76.5 Å². The number of carbonyl (C=O) groups excluding carboxylic acids is 2. The normalized spacial score (nSPS) is 25.2. The maximum Gasteiger partial charge on any atom is 0.265 e. The number of ether oxygens (including phenoxy) is 2. The summed E-state index contributed by atoms with van der Waals surface area (Å²) in [6.07, 6.45) is 0.104. The molecule has 1 aliphatic heterocycles. The van der Waals surface area contributed by atoms with Gasteiger partial charge in [-0.1, -0.05) is 67.6 Å². The van der Waals surface area contributed by atoms with Crippen molar-refractivity contribution in [3.8, 4) is 11.6 Å². The van der Waals surface area contributed by atoms with Gasteiger partial charge in [0.2, 0.25) is 5.78 Å². The van der Waals surface area contributed by atoms with Crippen LogP contribution in [0.3, 0.4) is 0 Å². The zero-order valence-electron chi connectivity index (χ0n) is 30.8. The fourth-order valence-electron chi connectivity index (χ4n) is 8.94. The lowest BCUT2D eigenvalue weighted by molar-refractivity contribution is -0.0657. The van der Waals surface area contributed by atoms with Crippen molar-refractivity contribution < 1.29 is 38.2 Å². The van der Waals surface area contributed by atoms with Crippen LogP contribution in [0, 0.1) is 17.2 Å². The number of aliphatic hydroxyl groups excluding tert-OH is 1. The summed E-state index contributed by atoms with van der Waals surface area (Å²) in [6.45, 7) is 8.89. The molecule has 0 amide bonds. The summed E-state index contributed by atoms with van der Waals surface area (Å²) in [4.78, 5) is 33.5. The number of aliphatic hydroxyl groups is 2. The van der Waals surface area contributed by atoms with Gasteiger partial charge in [0.25, 0.3) is 5.88 Å². The Morgan fingerprint density at radius 1 is 0.943 bits per heavy atom. The third kappa shape index (κ3) is 5.34. The van der Waals surface area contributed by atoms with Crippen molar-refractivity contribution in [3.63, 3.8) is 0 Å². The highest BCUT2D eigenvalue weighted by atomic mass is 19.1. The van der Waals surface area contributed by atoms with E-state index in [9.17, 15) is 15.0 Å². The number of fused-ring (bicyclic) bond motifs is 5. The summed E-state index contributed by atoms with van der Waals surface area (Å²) in [6, 6.07) is 18.1. The molecule has 0 fully saturated rings. The molecule has 4 aromatic rings. The van der Waals surface area contributed by atoms with Crippen LogP contribution >= 0.6 is 0 Å². The van der Waals surface area contributed by atoms with E-state index in [1.54, 1.807) is 25.9 Å². The molecule has 276 valence electrons. The van der Waals surface area contributed by atoms with Gasteiger partial charge in [-0.3, -0.25) is 19.4 Å². The predicted octanol–water partition coefficient (Wildman–Crippen LogP) is 6.89. The van der Waals surface area contributed by atoms with Crippen LogP contribution in [0.5, 0.6) is 11.6 Å². The van der Waals surface area contributed by atoms with Crippen molar-refractivity contribution in [1.29, 1.82) is 0 Å². The van der Waals surface area contributed by atoms with Crippen LogP contribution in [0.1, 0.15) is 94.5 Å². The minimum absolute atomic E-state index is 0.0268. The molecule has 10 nitrogen and oxygen atoms in total. The molecule has 2 N–H and O–H groups in total. The van der Waals surface area contributed by atoms with Gasteiger partial charge in [-0.25, -0.2) is 4.39 Å². The summed E-state index contributed by atoms with van der Waals surface area (Å²) >= 11 is 0. The highest BCUT2D eigenvalue weighted by Crippen LogP contribution is 2.61. The number of Topliss-reactive ketones (excluding diaryl/α,β-unsaturated/α-hetero) is 2. The second-order valence-electron chi connectivity index (χ2n) is 16.4. The first kappa shape index (κ1) is 35.2. The Kier molecular flexibility index (Phi) is 8.21. The number of halogens is 1. The van der Waals surface area contributed by atoms with Gasteiger partial charge >= 0.3 is 0 Å². The smallest absolute Gasteiger partial charge is 0.265 e. The minimum Gasteiger partial charge on any atom is -0.508 e. The number of hydrogen-bond acceptors (Lipinski definition) is 10. The monoisotopic (exact) mass is 721 g/mol. The number of ketones is 2. The lowest BCUT2D eigenvalue weighted by atomic mass is 9.53. The molecule has 0 spiro atoms. The molecule has 0 radical (unpaired) electrons. The highest BCUT2D eigenvalue weighted by molar-refractivity contribution is 6.16. The van der Waals surface area contributed by atoms with E-state index in [1.807, 2.05) is 60.7 Å². The lowest BCUT2D eigenvalue weighted by Crippen LogP contribution is -2.61. The van der Waals surface area contributed by atoms with Crippen molar-refractivity contribution in [1.82, 2.24) is 15.0 Å². The highest BCUT2D eigenvalue weighted by Gasteiger charge is 2.66. The first-order chi connectivity index (χ1) is 25.1. The molecular formula is C42H44FN3O7. The van der Waals surface area contributed by atoms with Crippen molar-refractivity contribution in [2.45, 2.75) is 84.0 Å². The van der Waals surface area contributed by atoms with Crippen LogP contribution in [0.25, 0.3) is 0 Å². The maximum absolute atomic E-state index is 17.0. The summed E-state index contributed by atoms with van der Waals surface area (Å²) in [5.41, 5.74) is -1.15. The topological polar surface area (TPSA) is 126 Å². The van der Waals surface area contributed by atoms with Gasteiger partial charge in [0.15, 0.2) is 17.1 Å². The van der Waals surface area contributed by atoms with Gasteiger partial charge in [0, 0.05) is 52.2 Å². The molecule has 4 atom stereocenters. The first-order valence-electron chi connectivity index (χ1n) is 18.0. The predicted molar refractivity (Wildman–Crippen MR) is 193 cm³/mol. The van der Waals surface area contributed by atoms with Gasteiger partial charge in [0.1, 0.15) is 36.1 Å². The van der Waals surface area contributed by atoms with E-state index < -0.39 is 46.1 Å². The second-order valence-corrected chi connectivity index (χ2v) is 16.4. The molecule has 0 unspecified atom stereocenters. The summed E-state index contributed by atoms with van der Waals surface area (Å²) in [7, 11) is 3.55. The fraction of sp³-hybridized carbons (Fsp3) is 0.405. The first-order valence-corrected chi connectivity index (χ1v) is 18.0. The molecule has 8 rings (SSSR count). The number of carbonyl (C=O) groups is 2. The molecule has 0 bridgehead atoms. The Bertz CT molecular complexity index is 2170. The number of allylic oxidation sites excluding steroid dienone is 1. The van der Waals surface area contributed by atoms with E-state index in [2.05, 4.69) is 30.8 Å². The third-order valence-corrected chi connectivity index (χ3v) is 11.7. The van der Waals surface area contributed by atoms with E-state index in [1.165, 1.54) is 0 Å². The Morgan fingerprint density at radius 2 is 1.55 bits per heavy atom. The standard InChI is InChI=1S/C42H44FN3O7/c1-40(2,3)46-19-26-27(20-46)35(51-21-23-13-9-7-10-14-23)29-25(32(26)43)17-41(4)18-28-33(45(5)6)36-30(37(48)42(28,50)38(49)31(41)34(29)47)39(44-53-36)52-22-24-15-11-8-12-16-24/h7-16,28,33,49-50H,17-22H2,1-6H3/t28-,33-,41-,42+/m0/s1. The van der Waals surface area contributed by atoms with Gasteiger partial charge in [0.05, 0.1) is 11.6 Å². The minimum atomic E-state index is -2.52. The van der Waals surface area contributed by atoms with E-state index in [4.69, 9.17) is 14.0 Å². The maximum atomic E-state index is 17.0. The van der Waals surface area contributed by atoms with Gasteiger partial charge in [-0.2, -0.15) is 0 Å². The quantitative estimate of drug-likeness (QED) is 0.208.